The summed E-state index contributed by atoms with van der Waals surface area (Å²) in [5, 5.41) is 0. The first-order valence-corrected chi connectivity index (χ1v) is 8.35. The Morgan fingerprint density at radius 3 is 2.74 bits per heavy atom. The van der Waals surface area contributed by atoms with E-state index < -0.39 is 5.41 Å². The summed E-state index contributed by atoms with van der Waals surface area (Å²) in [5.41, 5.74) is 1.04. The number of nitrogens with zero attached hydrogens (tertiary/aromatic N) is 1. The lowest BCUT2D eigenvalue weighted by atomic mass is 9.79. The van der Waals surface area contributed by atoms with Crippen molar-refractivity contribution in [3.8, 4) is 0 Å². The largest absolute Gasteiger partial charge is 0.308 e. The highest BCUT2D eigenvalue weighted by molar-refractivity contribution is 9.10. The number of carbonyl (C=O) groups excluding carboxylic acids is 2. The van der Waals surface area contributed by atoms with Crippen molar-refractivity contribution in [2.24, 2.45) is 11.3 Å². The summed E-state index contributed by atoms with van der Waals surface area (Å²) in [7, 11) is 0. The van der Waals surface area contributed by atoms with Gasteiger partial charge in [-0.2, -0.15) is 0 Å². The Hall–Kier alpha value is -1.94. The van der Waals surface area contributed by atoms with Crippen molar-refractivity contribution >= 4 is 33.3 Å². The Morgan fingerprint density at radius 2 is 2.09 bits per heavy atom. The molecule has 3 nitrogen and oxygen atoms in total. The van der Waals surface area contributed by atoms with E-state index in [1.165, 1.54) is 0 Å². The Kier molecular flexibility index (Phi) is 4.11. The van der Waals surface area contributed by atoms with Crippen molar-refractivity contribution in [3.05, 3.63) is 65.7 Å². The first-order chi connectivity index (χ1) is 11.0. The molecule has 0 spiro atoms. The molecule has 0 heterocycles. The zero-order valence-corrected chi connectivity index (χ0v) is 14.4. The van der Waals surface area contributed by atoms with Gasteiger partial charge in [0, 0.05) is 22.6 Å². The van der Waals surface area contributed by atoms with E-state index in [0.29, 0.717) is 19.4 Å². The average molecular weight is 372 g/mol. The first kappa shape index (κ1) is 15.9. The summed E-state index contributed by atoms with van der Waals surface area (Å²) in [5.74, 6) is -0.138. The SMILES string of the molecule is C=CCN(C(=O)[C@]12C=CC(=O)[C@H](C1)C(=C)C2)c1ccc(Br)cc1. The standard InChI is InChI=1S/C19H18BrNO2/c1-3-10-21(15-6-4-14(20)5-7-15)18(23)19-9-8-17(22)16(12-19)13(2)11-19/h3-9,16H,1-2,10-12H2/t16-,19+/m1/s1. The molecule has 2 aliphatic rings. The lowest BCUT2D eigenvalue weighted by Gasteiger charge is -2.33. The molecule has 1 aromatic rings. The molecule has 118 valence electrons. The molecular weight excluding hydrogens is 354 g/mol. The fourth-order valence-corrected chi connectivity index (χ4v) is 3.72. The Labute approximate surface area is 144 Å². The maximum absolute atomic E-state index is 13.3. The first-order valence-electron chi connectivity index (χ1n) is 7.56. The monoisotopic (exact) mass is 371 g/mol. The van der Waals surface area contributed by atoms with E-state index in [4.69, 9.17) is 0 Å². The molecule has 23 heavy (non-hydrogen) atoms. The topological polar surface area (TPSA) is 37.4 Å². The fraction of sp³-hybridized carbons (Fsp3) is 0.263. The molecule has 0 aliphatic heterocycles. The van der Waals surface area contributed by atoms with Crippen molar-refractivity contribution in [3.63, 3.8) is 0 Å². The fourth-order valence-electron chi connectivity index (χ4n) is 3.45. The maximum atomic E-state index is 13.3. The van der Waals surface area contributed by atoms with Gasteiger partial charge in [-0.25, -0.2) is 0 Å². The predicted octanol–water partition coefficient (Wildman–Crippen LogP) is 4.06. The summed E-state index contributed by atoms with van der Waals surface area (Å²) in [6, 6.07) is 7.63. The minimum absolute atomic E-state index is 0.00659. The molecule has 0 unspecified atom stereocenters. The third-order valence-electron chi connectivity index (χ3n) is 4.63. The molecule has 3 rings (SSSR count). The quantitative estimate of drug-likeness (QED) is 0.748. The minimum atomic E-state index is -0.647. The van der Waals surface area contributed by atoms with Gasteiger partial charge in [0.05, 0.1) is 5.41 Å². The van der Waals surface area contributed by atoms with Gasteiger partial charge in [-0.05, 0) is 43.2 Å². The summed E-state index contributed by atoms with van der Waals surface area (Å²) in [4.78, 5) is 26.9. The lowest BCUT2D eigenvalue weighted by Crippen LogP contribution is -2.43. The Balaban J connectivity index is 1.97. The van der Waals surface area contributed by atoms with Crippen LogP contribution in [-0.4, -0.2) is 18.2 Å². The molecule has 0 N–H and O–H groups in total. The van der Waals surface area contributed by atoms with Crippen molar-refractivity contribution in [1.82, 2.24) is 0 Å². The van der Waals surface area contributed by atoms with Gasteiger partial charge in [-0.15, -0.1) is 6.58 Å². The van der Waals surface area contributed by atoms with E-state index in [1.807, 2.05) is 24.3 Å². The third-order valence-corrected chi connectivity index (χ3v) is 5.16. The van der Waals surface area contributed by atoms with E-state index in [-0.39, 0.29) is 17.6 Å². The Bertz CT molecular complexity index is 719. The van der Waals surface area contributed by atoms with Crippen LogP contribution in [0.25, 0.3) is 0 Å². The van der Waals surface area contributed by atoms with Gasteiger partial charge in [-0.1, -0.05) is 40.2 Å². The minimum Gasteiger partial charge on any atom is -0.308 e. The average Bonchev–Trinajstić information content (AvgIpc) is 2.83. The van der Waals surface area contributed by atoms with Crippen LogP contribution >= 0.6 is 15.9 Å². The number of benzene rings is 1. The molecule has 1 fully saturated rings. The molecule has 1 aromatic carbocycles. The molecule has 0 saturated heterocycles. The summed E-state index contributed by atoms with van der Waals surface area (Å²) < 4.78 is 0.961. The van der Waals surface area contributed by atoms with E-state index in [9.17, 15) is 9.59 Å². The van der Waals surface area contributed by atoms with Crippen LogP contribution in [0.15, 0.2) is 65.7 Å². The highest BCUT2D eigenvalue weighted by Crippen LogP contribution is 2.50. The molecule has 4 heteroatoms. The molecular formula is C19H18BrNO2. The van der Waals surface area contributed by atoms with Crippen LogP contribution in [0.5, 0.6) is 0 Å². The third kappa shape index (κ3) is 2.72. The number of allylic oxidation sites excluding steroid dienone is 2. The molecule has 1 amide bonds. The number of ketones is 1. The van der Waals surface area contributed by atoms with Gasteiger partial charge in [0.2, 0.25) is 5.91 Å². The molecule has 1 saturated carbocycles. The van der Waals surface area contributed by atoms with Crippen LogP contribution < -0.4 is 4.90 Å². The highest BCUT2D eigenvalue weighted by atomic mass is 79.9. The summed E-state index contributed by atoms with van der Waals surface area (Å²) in [6.07, 6.45) is 6.13. The van der Waals surface area contributed by atoms with Gasteiger partial charge < -0.3 is 4.90 Å². The van der Waals surface area contributed by atoms with Gasteiger partial charge in [0.25, 0.3) is 0 Å². The van der Waals surface area contributed by atoms with E-state index in [0.717, 1.165) is 15.7 Å². The number of carbonyl (C=O) groups is 2. The number of hydrogen-bond donors (Lipinski definition) is 0. The molecule has 0 aromatic heterocycles. The molecule has 0 radical (unpaired) electrons. The van der Waals surface area contributed by atoms with Crippen LogP contribution in [-0.2, 0) is 9.59 Å². The van der Waals surface area contributed by atoms with E-state index >= 15 is 0 Å². The smallest absolute Gasteiger partial charge is 0.237 e. The zero-order valence-electron chi connectivity index (χ0n) is 12.8. The number of hydrogen-bond acceptors (Lipinski definition) is 2. The van der Waals surface area contributed by atoms with Crippen LogP contribution in [0.1, 0.15) is 12.8 Å². The number of amides is 1. The van der Waals surface area contributed by atoms with Crippen molar-refractivity contribution in [1.29, 1.82) is 0 Å². The normalized spacial score (nSPS) is 25.5. The van der Waals surface area contributed by atoms with Gasteiger partial charge in [0.1, 0.15) is 0 Å². The number of fused-ring (bicyclic) bond motifs is 2. The number of halogens is 1. The van der Waals surface area contributed by atoms with Gasteiger partial charge in [-0.3, -0.25) is 9.59 Å². The molecule has 2 bridgehead atoms. The second kappa shape index (κ2) is 5.93. The van der Waals surface area contributed by atoms with Gasteiger partial charge in [0.15, 0.2) is 5.78 Å². The molecule has 2 atom stereocenters. The number of rotatable bonds is 4. The number of anilines is 1. The van der Waals surface area contributed by atoms with Crippen LogP contribution in [0.3, 0.4) is 0 Å². The van der Waals surface area contributed by atoms with Gasteiger partial charge >= 0.3 is 0 Å². The predicted molar refractivity (Wildman–Crippen MR) is 95.1 cm³/mol. The molecule has 2 aliphatic carbocycles. The van der Waals surface area contributed by atoms with E-state index in [1.54, 1.807) is 23.1 Å². The van der Waals surface area contributed by atoms with Crippen LogP contribution in [0.4, 0.5) is 5.69 Å². The lowest BCUT2D eigenvalue weighted by molar-refractivity contribution is -0.126. The summed E-state index contributed by atoms with van der Waals surface area (Å²) >= 11 is 3.41. The zero-order chi connectivity index (χ0) is 16.6. The second-order valence-electron chi connectivity index (χ2n) is 6.16. The van der Waals surface area contributed by atoms with Crippen molar-refractivity contribution < 1.29 is 9.59 Å². The summed E-state index contributed by atoms with van der Waals surface area (Å²) in [6.45, 7) is 8.20. The van der Waals surface area contributed by atoms with Crippen molar-refractivity contribution in [2.45, 2.75) is 12.8 Å². The highest BCUT2D eigenvalue weighted by Gasteiger charge is 2.51. The van der Waals surface area contributed by atoms with Crippen LogP contribution in [0, 0.1) is 11.3 Å². The second-order valence-corrected chi connectivity index (χ2v) is 7.08. The van der Waals surface area contributed by atoms with Crippen molar-refractivity contribution in [2.75, 3.05) is 11.4 Å². The van der Waals surface area contributed by atoms with Crippen LogP contribution in [0.2, 0.25) is 0 Å². The maximum Gasteiger partial charge on any atom is 0.237 e. The Morgan fingerprint density at radius 1 is 1.39 bits per heavy atom. The van der Waals surface area contributed by atoms with E-state index in [2.05, 4.69) is 29.1 Å².